The van der Waals surface area contributed by atoms with Crippen LogP contribution >= 0.6 is 12.2 Å². The maximum atomic E-state index is 5.45. The van der Waals surface area contributed by atoms with Gasteiger partial charge >= 0.3 is 0 Å². The lowest BCUT2D eigenvalue weighted by atomic mass is 9.78. The molecule has 1 aliphatic rings. The van der Waals surface area contributed by atoms with Gasteiger partial charge < -0.3 is 14.3 Å². The van der Waals surface area contributed by atoms with Crippen LogP contribution < -0.4 is 4.74 Å². The molecule has 1 aromatic heterocycles. The highest BCUT2D eigenvalue weighted by Crippen LogP contribution is 2.41. The molecule has 1 aromatic carbocycles. The number of aromatic nitrogens is 2. The number of fused-ring (bicyclic) bond motifs is 1. The molecule has 0 bridgehead atoms. The van der Waals surface area contributed by atoms with E-state index in [2.05, 4.69) is 22.5 Å². The lowest BCUT2D eigenvalue weighted by Gasteiger charge is -2.40. The number of nitrogens with zero attached hydrogens (tertiary/aromatic N) is 1. The largest absolute Gasteiger partial charge is 0.497 e. The van der Waals surface area contributed by atoms with Crippen molar-refractivity contribution in [1.82, 2.24) is 9.55 Å². The molecular formula is C13H16N2OS. The van der Waals surface area contributed by atoms with Crippen molar-refractivity contribution in [2.24, 2.45) is 0 Å². The van der Waals surface area contributed by atoms with Gasteiger partial charge in [-0.05, 0) is 50.5 Å². The molecule has 0 amide bonds. The molecule has 0 spiro atoms. The van der Waals surface area contributed by atoms with E-state index < -0.39 is 0 Å². The van der Waals surface area contributed by atoms with Gasteiger partial charge in [0, 0.05) is 11.6 Å². The Balaban J connectivity index is 2.28. The number of nitrogens with one attached hydrogen (secondary N) is 1. The fourth-order valence-electron chi connectivity index (χ4n) is 2.66. The summed E-state index contributed by atoms with van der Waals surface area (Å²) < 4.78 is 8.36. The number of ether oxygens (including phenoxy) is 1. The van der Waals surface area contributed by atoms with Gasteiger partial charge in [-0.1, -0.05) is 0 Å². The first-order valence-corrected chi connectivity index (χ1v) is 6.34. The van der Waals surface area contributed by atoms with Gasteiger partial charge in [-0.3, -0.25) is 0 Å². The zero-order valence-corrected chi connectivity index (χ0v) is 10.9. The van der Waals surface area contributed by atoms with E-state index in [0.717, 1.165) is 21.6 Å². The van der Waals surface area contributed by atoms with Gasteiger partial charge in [0.2, 0.25) is 0 Å². The summed E-state index contributed by atoms with van der Waals surface area (Å²) in [4.78, 5) is 3.27. The van der Waals surface area contributed by atoms with E-state index in [1.165, 1.54) is 19.3 Å². The fraction of sp³-hybridized carbons (Fsp3) is 0.462. The summed E-state index contributed by atoms with van der Waals surface area (Å²) in [6.45, 7) is 2.28. The zero-order valence-electron chi connectivity index (χ0n) is 10.1. The number of aromatic amines is 1. The zero-order chi connectivity index (χ0) is 12.0. The van der Waals surface area contributed by atoms with E-state index in [-0.39, 0.29) is 5.54 Å². The van der Waals surface area contributed by atoms with Crippen molar-refractivity contribution in [3.8, 4) is 5.75 Å². The number of methoxy groups -OCH3 is 1. The first kappa shape index (κ1) is 10.8. The number of H-pyrrole nitrogens is 1. The highest BCUT2D eigenvalue weighted by atomic mass is 32.1. The van der Waals surface area contributed by atoms with Crippen LogP contribution in [0.3, 0.4) is 0 Å². The van der Waals surface area contributed by atoms with Gasteiger partial charge in [0.25, 0.3) is 0 Å². The molecule has 1 aliphatic carbocycles. The number of rotatable bonds is 2. The first-order valence-electron chi connectivity index (χ1n) is 5.93. The maximum Gasteiger partial charge on any atom is 0.178 e. The van der Waals surface area contributed by atoms with E-state index in [9.17, 15) is 0 Å². The van der Waals surface area contributed by atoms with Crippen molar-refractivity contribution in [1.29, 1.82) is 0 Å². The van der Waals surface area contributed by atoms with Gasteiger partial charge in [0.05, 0.1) is 18.1 Å². The van der Waals surface area contributed by atoms with Crippen molar-refractivity contribution < 1.29 is 4.74 Å². The average molecular weight is 248 g/mol. The maximum absolute atomic E-state index is 5.45. The molecule has 17 heavy (non-hydrogen) atoms. The second-order valence-corrected chi connectivity index (χ2v) is 5.39. The standard InChI is InChI=1S/C13H16N2OS/c1-13(6-3-7-13)15-11-8-9(16-2)4-5-10(11)14-12(15)17/h4-5,8H,3,6-7H2,1-2H3,(H,14,17). The van der Waals surface area contributed by atoms with E-state index in [1.54, 1.807) is 7.11 Å². The van der Waals surface area contributed by atoms with Crippen LogP contribution in [0.2, 0.25) is 0 Å². The Morgan fingerprint density at radius 1 is 1.41 bits per heavy atom. The van der Waals surface area contributed by atoms with E-state index in [4.69, 9.17) is 17.0 Å². The van der Waals surface area contributed by atoms with Crippen LogP contribution in [0.5, 0.6) is 5.75 Å². The van der Waals surface area contributed by atoms with Crippen molar-refractivity contribution in [3.05, 3.63) is 23.0 Å². The average Bonchev–Trinajstić information content (AvgIpc) is 2.61. The molecule has 1 N–H and O–H groups in total. The van der Waals surface area contributed by atoms with E-state index in [1.807, 2.05) is 12.1 Å². The molecule has 1 fully saturated rings. The molecule has 0 aliphatic heterocycles. The first-order chi connectivity index (χ1) is 8.14. The molecule has 1 heterocycles. The number of benzene rings is 1. The fourth-order valence-corrected chi connectivity index (χ4v) is 3.09. The number of hydrogen-bond donors (Lipinski definition) is 1. The second-order valence-electron chi connectivity index (χ2n) is 5.00. The molecular weight excluding hydrogens is 232 g/mol. The molecule has 2 aromatic rings. The van der Waals surface area contributed by atoms with Gasteiger partial charge in [-0.15, -0.1) is 0 Å². The van der Waals surface area contributed by atoms with Crippen molar-refractivity contribution in [2.75, 3.05) is 7.11 Å². The van der Waals surface area contributed by atoms with Crippen LogP contribution in [0.1, 0.15) is 26.2 Å². The minimum absolute atomic E-state index is 0.182. The highest BCUT2D eigenvalue weighted by Gasteiger charge is 2.35. The number of imidazole rings is 1. The van der Waals surface area contributed by atoms with Gasteiger partial charge in [0.1, 0.15) is 5.75 Å². The van der Waals surface area contributed by atoms with Crippen LogP contribution in [0.15, 0.2) is 18.2 Å². The molecule has 0 saturated heterocycles. The Bertz CT molecular complexity index is 622. The molecule has 90 valence electrons. The molecule has 3 rings (SSSR count). The Morgan fingerprint density at radius 3 is 2.76 bits per heavy atom. The lowest BCUT2D eigenvalue weighted by molar-refractivity contribution is 0.172. The van der Waals surface area contributed by atoms with Gasteiger partial charge in [-0.25, -0.2) is 0 Å². The summed E-state index contributed by atoms with van der Waals surface area (Å²) in [5.41, 5.74) is 2.42. The topological polar surface area (TPSA) is 29.9 Å². The lowest BCUT2D eigenvalue weighted by Crippen LogP contribution is -2.37. The quantitative estimate of drug-likeness (QED) is 0.823. The third kappa shape index (κ3) is 1.51. The number of hydrogen-bond acceptors (Lipinski definition) is 2. The van der Waals surface area contributed by atoms with Crippen LogP contribution in [0.4, 0.5) is 0 Å². The van der Waals surface area contributed by atoms with Crippen molar-refractivity contribution in [3.63, 3.8) is 0 Å². The van der Waals surface area contributed by atoms with Gasteiger partial charge in [0.15, 0.2) is 4.77 Å². The third-order valence-corrected chi connectivity index (χ3v) is 4.15. The molecule has 0 radical (unpaired) electrons. The predicted molar refractivity (Wildman–Crippen MR) is 71.2 cm³/mol. The van der Waals surface area contributed by atoms with E-state index in [0.29, 0.717) is 0 Å². The third-order valence-electron chi connectivity index (χ3n) is 3.86. The molecule has 0 unspecified atom stereocenters. The minimum atomic E-state index is 0.182. The summed E-state index contributed by atoms with van der Waals surface area (Å²) in [5.74, 6) is 0.878. The second kappa shape index (κ2) is 3.60. The van der Waals surface area contributed by atoms with Crippen LogP contribution in [0.25, 0.3) is 11.0 Å². The van der Waals surface area contributed by atoms with Gasteiger partial charge in [-0.2, -0.15) is 0 Å². The summed E-state index contributed by atoms with van der Waals surface area (Å²) in [6, 6.07) is 6.05. The Hall–Kier alpha value is -1.29. The summed E-state index contributed by atoms with van der Waals surface area (Å²) >= 11 is 5.45. The summed E-state index contributed by atoms with van der Waals surface area (Å²) in [5, 5.41) is 0. The van der Waals surface area contributed by atoms with Crippen molar-refractivity contribution in [2.45, 2.75) is 31.7 Å². The van der Waals surface area contributed by atoms with Crippen LogP contribution in [-0.2, 0) is 5.54 Å². The van der Waals surface area contributed by atoms with Crippen molar-refractivity contribution >= 4 is 23.3 Å². The van der Waals surface area contributed by atoms with Crippen LogP contribution in [0, 0.1) is 4.77 Å². The van der Waals surface area contributed by atoms with E-state index >= 15 is 0 Å². The molecule has 4 heteroatoms. The minimum Gasteiger partial charge on any atom is -0.497 e. The molecule has 0 atom stereocenters. The summed E-state index contributed by atoms with van der Waals surface area (Å²) in [7, 11) is 1.69. The van der Waals surface area contributed by atoms with Crippen LogP contribution in [-0.4, -0.2) is 16.7 Å². The Kier molecular flexibility index (Phi) is 2.30. The smallest absolute Gasteiger partial charge is 0.178 e. The predicted octanol–water partition coefficient (Wildman–Crippen LogP) is 3.61. The molecule has 1 saturated carbocycles. The molecule has 3 nitrogen and oxygen atoms in total. The normalized spacial score (nSPS) is 18.0. The monoisotopic (exact) mass is 248 g/mol. The summed E-state index contributed by atoms with van der Waals surface area (Å²) in [6.07, 6.45) is 3.69. The Labute approximate surface area is 105 Å². The SMILES string of the molecule is COc1ccc2[nH]c(=S)n(C3(C)CCC3)c2c1. The Morgan fingerprint density at radius 2 is 2.18 bits per heavy atom. The highest BCUT2D eigenvalue weighted by molar-refractivity contribution is 7.71.